The average molecular weight is 270 g/mol. The van der Waals surface area contributed by atoms with E-state index in [-0.39, 0.29) is 6.10 Å². The second-order valence-electron chi connectivity index (χ2n) is 5.18. The molecule has 1 unspecified atom stereocenters. The van der Waals surface area contributed by atoms with Crippen molar-refractivity contribution < 1.29 is 14.6 Å². The van der Waals surface area contributed by atoms with Gasteiger partial charge in [-0.15, -0.1) is 0 Å². The first-order valence-electron chi connectivity index (χ1n) is 6.76. The van der Waals surface area contributed by atoms with E-state index >= 15 is 0 Å². The van der Waals surface area contributed by atoms with Crippen LogP contribution < -0.4 is 9.47 Å². The number of ether oxygens (including phenoxy) is 2. The molecule has 0 saturated heterocycles. The lowest BCUT2D eigenvalue weighted by Gasteiger charge is -2.30. The predicted octanol–water partition coefficient (Wildman–Crippen LogP) is 3.56. The van der Waals surface area contributed by atoms with E-state index in [2.05, 4.69) is 19.1 Å². The summed E-state index contributed by atoms with van der Waals surface area (Å²) in [6.07, 6.45) is -0.0750. The summed E-state index contributed by atoms with van der Waals surface area (Å²) < 4.78 is 11.2. The van der Waals surface area contributed by atoms with E-state index in [1.54, 1.807) is 7.11 Å². The van der Waals surface area contributed by atoms with E-state index in [0.717, 1.165) is 22.6 Å². The third kappa shape index (κ3) is 2.37. The van der Waals surface area contributed by atoms with E-state index < -0.39 is 6.10 Å². The standard InChI is InChI=1S/C17H18O3/c1-11-4-3-5-12(8-11)17-10-15(18)14-9-13(19-2)6-7-16(14)20-17/h3-9,15,17-18H,10H2,1-2H3/t15-,17?/m1/s1. The quantitative estimate of drug-likeness (QED) is 0.906. The van der Waals surface area contributed by atoms with Gasteiger partial charge in [0.25, 0.3) is 0 Å². The number of aliphatic hydroxyl groups excluding tert-OH is 1. The highest BCUT2D eigenvalue weighted by Gasteiger charge is 2.28. The summed E-state index contributed by atoms with van der Waals surface area (Å²) in [7, 11) is 1.62. The van der Waals surface area contributed by atoms with Crippen molar-refractivity contribution in [3.63, 3.8) is 0 Å². The molecule has 20 heavy (non-hydrogen) atoms. The van der Waals surface area contributed by atoms with Crippen molar-refractivity contribution in [2.75, 3.05) is 7.11 Å². The normalized spacial score (nSPS) is 20.9. The van der Waals surface area contributed by atoms with E-state index in [1.807, 2.05) is 30.3 Å². The molecular formula is C17H18O3. The van der Waals surface area contributed by atoms with Gasteiger partial charge in [0.15, 0.2) is 0 Å². The van der Waals surface area contributed by atoms with Crippen LogP contribution in [0.4, 0.5) is 0 Å². The van der Waals surface area contributed by atoms with Crippen molar-refractivity contribution in [3.05, 3.63) is 59.2 Å². The maximum Gasteiger partial charge on any atom is 0.127 e. The molecule has 0 saturated carbocycles. The second-order valence-corrected chi connectivity index (χ2v) is 5.18. The maximum atomic E-state index is 10.3. The van der Waals surface area contributed by atoms with Crippen LogP contribution in [0.1, 0.15) is 35.3 Å². The molecule has 2 aromatic rings. The first-order chi connectivity index (χ1) is 9.67. The highest BCUT2D eigenvalue weighted by Crippen LogP contribution is 2.42. The van der Waals surface area contributed by atoms with Gasteiger partial charge in [0.1, 0.15) is 17.6 Å². The largest absolute Gasteiger partial charge is 0.497 e. The predicted molar refractivity (Wildman–Crippen MR) is 77.1 cm³/mol. The highest BCUT2D eigenvalue weighted by atomic mass is 16.5. The molecule has 0 spiro atoms. The smallest absolute Gasteiger partial charge is 0.127 e. The van der Waals surface area contributed by atoms with Crippen molar-refractivity contribution in [1.82, 2.24) is 0 Å². The average Bonchev–Trinajstić information content (AvgIpc) is 2.47. The van der Waals surface area contributed by atoms with E-state index in [4.69, 9.17) is 9.47 Å². The summed E-state index contributed by atoms with van der Waals surface area (Å²) in [6.45, 7) is 2.06. The van der Waals surface area contributed by atoms with Crippen LogP contribution in [0.15, 0.2) is 42.5 Å². The topological polar surface area (TPSA) is 38.7 Å². The van der Waals surface area contributed by atoms with E-state index in [0.29, 0.717) is 6.42 Å². The Morgan fingerprint density at radius 3 is 2.80 bits per heavy atom. The minimum absolute atomic E-state index is 0.106. The van der Waals surface area contributed by atoms with Gasteiger partial charge in [-0.25, -0.2) is 0 Å². The summed E-state index contributed by atoms with van der Waals surface area (Å²) in [4.78, 5) is 0. The van der Waals surface area contributed by atoms with Crippen LogP contribution in [0.3, 0.4) is 0 Å². The number of aliphatic hydroxyl groups is 1. The SMILES string of the molecule is COc1ccc2c(c1)[C@H](O)CC(c1cccc(C)c1)O2. The van der Waals surface area contributed by atoms with Crippen LogP contribution >= 0.6 is 0 Å². The summed E-state index contributed by atoms with van der Waals surface area (Å²) in [5.41, 5.74) is 3.10. The van der Waals surface area contributed by atoms with Gasteiger partial charge >= 0.3 is 0 Å². The van der Waals surface area contributed by atoms with Crippen molar-refractivity contribution in [3.8, 4) is 11.5 Å². The highest BCUT2D eigenvalue weighted by molar-refractivity contribution is 5.44. The van der Waals surface area contributed by atoms with Gasteiger partial charge in [-0.1, -0.05) is 29.8 Å². The Hall–Kier alpha value is -2.00. The molecule has 0 amide bonds. The molecule has 2 atom stereocenters. The molecule has 0 aliphatic carbocycles. The number of hydrogen-bond donors (Lipinski definition) is 1. The van der Waals surface area contributed by atoms with Gasteiger partial charge in [-0.05, 0) is 30.7 Å². The number of aryl methyl sites for hydroxylation is 1. The third-order valence-electron chi connectivity index (χ3n) is 3.70. The number of fused-ring (bicyclic) bond motifs is 1. The fourth-order valence-corrected chi connectivity index (χ4v) is 2.63. The fraction of sp³-hybridized carbons (Fsp3) is 0.294. The van der Waals surface area contributed by atoms with Gasteiger partial charge in [0.05, 0.1) is 13.2 Å². The molecule has 0 bridgehead atoms. The summed E-state index contributed by atoms with van der Waals surface area (Å²) >= 11 is 0. The minimum atomic E-state index is -0.528. The Bertz CT molecular complexity index is 621. The zero-order chi connectivity index (χ0) is 14.1. The molecule has 3 rings (SSSR count). The molecule has 0 radical (unpaired) electrons. The van der Waals surface area contributed by atoms with Crippen molar-refractivity contribution in [2.45, 2.75) is 25.6 Å². The summed E-state index contributed by atoms with van der Waals surface area (Å²) in [6, 6.07) is 13.8. The van der Waals surface area contributed by atoms with Gasteiger partial charge in [-0.2, -0.15) is 0 Å². The first-order valence-corrected chi connectivity index (χ1v) is 6.76. The van der Waals surface area contributed by atoms with E-state index in [1.165, 1.54) is 5.56 Å². The zero-order valence-electron chi connectivity index (χ0n) is 11.7. The van der Waals surface area contributed by atoms with Crippen molar-refractivity contribution in [2.24, 2.45) is 0 Å². The summed E-state index contributed by atoms with van der Waals surface area (Å²) in [5, 5.41) is 10.3. The molecule has 3 nitrogen and oxygen atoms in total. The second kappa shape index (κ2) is 5.17. The molecule has 1 aliphatic heterocycles. The molecule has 1 heterocycles. The minimum Gasteiger partial charge on any atom is -0.497 e. The molecule has 1 N–H and O–H groups in total. The molecule has 1 aliphatic rings. The maximum absolute atomic E-state index is 10.3. The number of rotatable bonds is 2. The molecule has 2 aromatic carbocycles. The molecule has 3 heteroatoms. The van der Waals surface area contributed by atoms with Crippen LogP contribution in [-0.4, -0.2) is 12.2 Å². The van der Waals surface area contributed by atoms with Gasteiger partial charge < -0.3 is 14.6 Å². The molecule has 0 aromatic heterocycles. The van der Waals surface area contributed by atoms with Crippen LogP contribution in [0, 0.1) is 6.92 Å². The first kappa shape index (κ1) is 13.0. The van der Waals surface area contributed by atoms with E-state index in [9.17, 15) is 5.11 Å². The number of methoxy groups -OCH3 is 1. The van der Waals surface area contributed by atoms with Gasteiger partial charge in [0.2, 0.25) is 0 Å². The lowest BCUT2D eigenvalue weighted by molar-refractivity contribution is 0.0654. The fourth-order valence-electron chi connectivity index (χ4n) is 2.63. The Morgan fingerprint density at radius 1 is 1.20 bits per heavy atom. The van der Waals surface area contributed by atoms with Crippen LogP contribution in [0.5, 0.6) is 11.5 Å². The lowest BCUT2D eigenvalue weighted by Crippen LogP contribution is -2.19. The van der Waals surface area contributed by atoms with Gasteiger partial charge in [0, 0.05) is 12.0 Å². The van der Waals surface area contributed by atoms with Crippen LogP contribution in [0.2, 0.25) is 0 Å². The van der Waals surface area contributed by atoms with Crippen molar-refractivity contribution in [1.29, 1.82) is 0 Å². The Morgan fingerprint density at radius 2 is 2.05 bits per heavy atom. The zero-order valence-corrected chi connectivity index (χ0v) is 11.7. The molecule has 0 fully saturated rings. The third-order valence-corrected chi connectivity index (χ3v) is 3.70. The lowest BCUT2D eigenvalue weighted by atomic mass is 9.94. The number of benzene rings is 2. The Balaban J connectivity index is 1.93. The van der Waals surface area contributed by atoms with Gasteiger partial charge in [-0.3, -0.25) is 0 Å². The Kier molecular flexibility index (Phi) is 3.36. The molecule has 104 valence electrons. The van der Waals surface area contributed by atoms with Crippen molar-refractivity contribution >= 4 is 0 Å². The monoisotopic (exact) mass is 270 g/mol. The Labute approximate surface area is 118 Å². The summed E-state index contributed by atoms with van der Waals surface area (Å²) in [5.74, 6) is 1.47. The number of hydrogen-bond acceptors (Lipinski definition) is 3. The van der Waals surface area contributed by atoms with Crippen LogP contribution in [0.25, 0.3) is 0 Å². The molecular weight excluding hydrogens is 252 g/mol. The van der Waals surface area contributed by atoms with Crippen LogP contribution in [-0.2, 0) is 0 Å².